The molecule has 2 unspecified atom stereocenters. The van der Waals surface area contributed by atoms with E-state index in [1.54, 1.807) is 12.1 Å². The summed E-state index contributed by atoms with van der Waals surface area (Å²) < 4.78 is 27.6. The second kappa shape index (κ2) is 7.38. The van der Waals surface area contributed by atoms with E-state index in [2.05, 4.69) is 18.6 Å². The zero-order chi connectivity index (χ0) is 16.1. The van der Waals surface area contributed by atoms with Gasteiger partial charge in [-0.3, -0.25) is 0 Å². The molecule has 0 aliphatic carbocycles. The van der Waals surface area contributed by atoms with Gasteiger partial charge in [0.1, 0.15) is 0 Å². The fourth-order valence-corrected chi connectivity index (χ4v) is 3.65. The monoisotopic (exact) mass is 313 g/mol. The molecule has 1 rings (SSSR count). The van der Waals surface area contributed by atoms with E-state index in [1.807, 2.05) is 26.0 Å². The van der Waals surface area contributed by atoms with Crippen molar-refractivity contribution in [3.63, 3.8) is 0 Å². The van der Waals surface area contributed by atoms with E-state index in [1.165, 1.54) is 0 Å². The first-order chi connectivity index (χ1) is 9.78. The predicted octanol–water partition coefficient (Wildman–Crippen LogP) is 3.03. The SMILES string of the molecule is CCC(C)c1ccc(S(=O)(=O)NC(C)(CC)CCO)cc1. The zero-order valence-corrected chi connectivity index (χ0v) is 14.2. The Kier molecular flexibility index (Phi) is 6.38. The van der Waals surface area contributed by atoms with E-state index < -0.39 is 15.6 Å². The molecule has 0 saturated carbocycles. The van der Waals surface area contributed by atoms with Crippen LogP contribution >= 0.6 is 0 Å². The summed E-state index contributed by atoms with van der Waals surface area (Å²) in [5.41, 5.74) is 0.522. The van der Waals surface area contributed by atoms with E-state index in [0.717, 1.165) is 12.0 Å². The van der Waals surface area contributed by atoms with Gasteiger partial charge in [-0.05, 0) is 49.8 Å². The molecule has 0 bridgehead atoms. The second-order valence-corrected chi connectivity index (χ2v) is 7.55. The van der Waals surface area contributed by atoms with Gasteiger partial charge in [0.05, 0.1) is 4.90 Å². The van der Waals surface area contributed by atoms with Gasteiger partial charge in [0.15, 0.2) is 0 Å². The Hall–Kier alpha value is -0.910. The number of benzene rings is 1. The minimum atomic E-state index is -3.56. The number of hydrogen-bond acceptors (Lipinski definition) is 3. The Bertz CT molecular complexity index is 539. The van der Waals surface area contributed by atoms with Gasteiger partial charge in [-0.2, -0.15) is 0 Å². The quantitative estimate of drug-likeness (QED) is 0.775. The lowest BCUT2D eigenvalue weighted by Crippen LogP contribution is -2.46. The number of aliphatic hydroxyl groups excluding tert-OH is 1. The van der Waals surface area contributed by atoms with Crippen molar-refractivity contribution in [2.75, 3.05) is 6.61 Å². The van der Waals surface area contributed by atoms with Crippen LogP contribution in [-0.2, 0) is 10.0 Å². The summed E-state index contributed by atoms with van der Waals surface area (Å²) in [7, 11) is -3.56. The molecule has 0 saturated heterocycles. The Morgan fingerprint density at radius 3 is 2.24 bits per heavy atom. The van der Waals surface area contributed by atoms with Crippen molar-refractivity contribution in [2.45, 2.75) is 63.3 Å². The van der Waals surface area contributed by atoms with Crippen molar-refractivity contribution in [3.05, 3.63) is 29.8 Å². The molecule has 0 aromatic heterocycles. The lowest BCUT2D eigenvalue weighted by atomic mass is 9.97. The van der Waals surface area contributed by atoms with Gasteiger partial charge in [-0.25, -0.2) is 13.1 Å². The van der Waals surface area contributed by atoms with Crippen LogP contribution in [0.2, 0.25) is 0 Å². The normalized spacial score (nSPS) is 16.4. The minimum Gasteiger partial charge on any atom is -0.396 e. The number of nitrogens with one attached hydrogen (secondary N) is 1. The van der Waals surface area contributed by atoms with Crippen molar-refractivity contribution in [1.29, 1.82) is 0 Å². The van der Waals surface area contributed by atoms with Gasteiger partial charge in [-0.1, -0.05) is 32.9 Å². The van der Waals surface area contributed by atoms with Crippen LogP contribution in [-0.4, -0.2) is 25.7 Å². The van der Waals surface area contributed by atoms with Crippen LogP contribution in [0.1, 0.15) is 58.4 Å². The van der Waals surface area contributed by atoms with Crippen LogP contribution < -0.4 is 4.72 Å². The highest BCUT2D eigenvalue weighted by Crippen LogP contribution is 2.22. The summed E-state index contributed by atoms with van der Waals surface area (Å²) in [6.45, 7) is 7.91. The molecule has 0 amide bonds. The fourth-order valence-electron chi connectivity index (χ4n) is 2.14. The molecule has 21 heavy (non-hydrogen) atoms. The smallest absolute Gasteiger partial charge is 0.241 e. The first-order valence-electron chi connectivity index (χ1n) is 7.52. The van der Waals surface area contributed by atoms with Crippen molar-refractivity contribution in [3.8, 4) is 0 Å². The first-order valence-corrected chi connectivity index (χ1v) is 9.01. The van der Waals surface area contributed by atoms with Gasteiger partial charge in [0.2, 0.25) is 10.0 Å². The highest BCUT2D eigenvalue weighted by Gasteiger charge is 2.28. The number of rotatable bonds is 8. The molecule has 2 atom stereocenters. The summed E-state index contributed by atoms with van der Waals surface area (Å²) in [5, 5.41) is 9.09. The average Bonchev–Trinajstić information content (AvgIpc) is 2.46. The second-order valence-electron chi connectivity index (χ2n) is 5.87. The minimum absolute atomic E-state index is 0.0419. The fraction of sp³-hybridized carbons (Fsp3) is 0.625. The van der Waals surface area contributed by atoms with E-state index in [-0.39, 0.29) is 11.5 Å². The van der Waals surface area contributed by atoms with Gasteiger partial charge >= 0.3 is 0 Å². The van der Waals surface area contributed by atoms with Crippen molar-refractivity contribution < 1.29 is 13.5 Å². The van der Waals surface area contributed by atoms with Crippen LogP contribution in [0.4, 0.5) is 0 Å². The Labute approximate surface area is 128 Å². The summed E-state index contributed by atoms with van der Waals surface area (Å²) >= 11 is 0. The summed E-state index contributed by atoms with van der Waals surface area (Å²) in [6, 6.07) is 7.05. The van der Waals surface area contributed by atoms with Gasteiger partial charge in [-0.15, -0.1) is 0 Å². The predicted molar refractivity (Wildman–Crippen MR) is 85.9 cm³/mol. The average molecular weight is 313 g/mol. The largest absolute Gasteiger partial charge is 0.396 e. The standard InChI is InChI=1S/C16H27NO3S/c1-5-13(3)14-7-9-15(10-8-14)21(19,20)17-16(4,6-2)11-12-18/h7-10,13,17-18H,5-6,11-12H2,1-4H3. The Morgan fingerprint density at radius 2 is 1.81 bits per heavy atom. The molecule has 120 valence electrons. The first kappa shape index (κ1) is 18.1. The molecule has 2 N–H and O–H groups in total. The molecule has 1 aromatic rings. The topological polar surface area (TPSA) is 66.4 Å². The number of aliphatic hydroxyl groups is 1. The maximum atomic E-state index is 12.4. The summed E-state index contributed by atoms with van der Waals surface area (Å²) in [4.78, 5) is 0.271. The molecule has 1 aromatic carbocycles. The van der Waals surface area contributed by atoms with Crippen LogP contribution in [0.15, 0.2) is 29.2 Å². The van der Waals surface area contributed by atoms with E-state index in [4.69, 9.17) is 5.11 Å². The Balaban J connectivity index is 2.97. The molecule has 5 heteroatoms. The molecule has 0 aliphatic rings. The molecule has 0 fully saturated rings. The molecule has 0 heterocycles. The van der Waals surface area contributed by atoms with Crippen molar-refractivity contribution >= 4 is 10.0 Å². The highest BCUT2D eigenvalue weighted by atomic mass is 32.2. The molecule has 4 nitrogen and oxygen atoms in total. The Morgan fingerprint density at radius 1 is 1.24 bits per heavy atom. The maximum absolute atomic E-state index is 12.4. The molecular weight excluding hydrogens is 286 g/mol. The van der Waals surface area contributed by atoms with Crippen molar-refractivity contribution in [1.82, 2.24) is 4.72 Å². The molecule has 0 spiro atoms. The summed E-state index contributed by atoms with van der Waals surface area (Å²) in [5.74, 6) is 0.421. The maximum Gasteiger partial charge on any atom is 0.241 e. The molecular formula is C16H27NO3S. The van der Waals surface area contributed by atoms with Crippen LogP contribution in [0, 0.1) is 0 Å². The number of sulfonamides is 1. The lowest BCUT2D eigenvalue weighted by molar-refractivity contribution is 0.233. The third-order valence-corrected chi connectivity index (χ3v) is 5.85. The number of hydrogen-bond donors (Lipinski definition) is 2. The van der Waals surface area contributed by atoms with Gasteiger partial charge in [0, 0.05) is 12.1 Å². The molecule has 0 radical (unpaired) electrons. The van der Waals surface area contributed by atoms with E-state index in [0.29, 0.717) is 18.8 Å². The molecule has 0 aliphatic heterocycles. The van der Waals surface area contributed by atoms with Gasteiger partial charge < -0.3 is 5.11 Å². The lowest BCUT2D eigenvalue weighted by Gasteiger charge is -2.28. The van der Waals surface area contributed by atoms with Crippen molar-refractivity contribution in [2.24, 2.45) is 0 Å². The third-order valence-electron chi connectivity index (χ3n) is 4.20. The van der Waals surface area contributed by atoms with Gasteiger partial charge in [0.25, 0.3) is 0 Å². The van der Waals surface area contributed by atoms with Crippen LogP contribution in [0.5, 0.6) is 0 Å². The van der Waals surface area contributed by atoms with Crippen LogP contribution in [0.25, 0.3) is 0 Å². The summed E-state index contributed by atoms with van der Waals surface area (Å²) in [6.07, 6.45) is 2.04. The van der Waals surface area contributed by atoms with E-state index >= 15 is 0 Å². The highest BCUT2D eigenvalue weighted by molar-refractivity contribution is 7.89. The van der Waals surface area contributed by atoms with Crippen LogP contribution in [0.3, 0.4) is 0 Å². The third kappa shape index (κ3) is 4.80. The zero-order valence-electron chi connectivity index (χ0n) is 13.4. The van der Waals surface area contributed by atoms with E-state index in [9.17, 15) is 8.42 Å².